The normalized spacial score (nSPS) is 17.3. The first-order valence-electron chi connectivity index (χ1n) is 10.8. The second kappa shape index (κ2) is 11.6. The fourth-order valence-electron chi connectivity index (χ4n) is 3.59. The molecule has 0 spiro atoms. The highest BCUT2D eigenvalue weighted by Crippen LogP contribution is 2.40. The van der Waals surface area contributed by atoms with Gasteiger partial charge in [0, 0.05) is 44.0 Å². The van der Waals surface area contributed by atoms with Gasteiger partial charge in [-0.3, -0.25) is 4.79 Å². The zero-order valence-corrected chi connectivity index (χ0v) is 21.9. The molecule has 3 rings (SSSR count). The van der Waals surface area contributed by atoms with Crippen molar-refractivity contribution in [1.82, 2.24) is 14.3 Å². The summed E-state index contributed by atoms with van der Waals surface area (Å²) < 4.78 is 60.2. The van der Waals surface area contributed by atoms with Crippen LogP contribution < -0.4 is 10.0 Å². The summed E-state index contributed by atoms with van der Waals surface area (Å²) in [4.78, 5) is 27.1. The van der Waals surface area contributed by atoms with Gasteiger partial charge in [0.1, 0.15) is 15.0 Å². The van der Waals surface area contributed by atoms with Crippen LogP contribution in [0.1, 0.15) is 40.9 Å². The van der Waals surface area contributed by atoms with Crippen molar-refractivity contribution in [2.75, 3.05) is 33.4 Å². The number of carbonyl (C=O) groups is 1. The van der Waals surface area contributed by atoms with E-state index in [0.717, 1.165) is 0 Å². The Labute approximate surface area is 212 Å². The highest BCUT2D eigenvalue weighted by molar-refractivity contribution is 7.94. The fourth-order valence-corrected chi connectivity index (χ4v) is 8.45. The molecule has 0 fully saturated rings. The first kappa shape index (κ1) is 27.9. The smallest absolute Gasteiger partial charge is 0.294 e. The van der Waals surface area contributed by atoms with Crippen molar-refractivity contribution >= 4 is 37.3 Å². The number of sulfonamides is 2. The van der Waals surface area contributed by atoms with Crippen molar-refractivity contribution in [1.29, 1.82) is 0 Å². The summed E-state index contributed by atoms with van der Waals surface area (Å²) in [5.74, 6) is -0.935. The van der Waals surface area contributed by atoms with Gasteiger partial charge in [-0.15, -0.1) is 21.5 Å². The summed E-state index contributed by atoms with van der Waals surface area (Å²) >= 11 is 0.587. The Hall–Kier alpha value is -2.63. The Bertz CT molecular complexity index is 1310. The summed E-state index contributed by atoms with van der Waals surface area (Å²) in [6, 6.07) is 6.24. The molecule has 2 N–H and O–H groups in total. The first-order chi connectivity index (χ1) is 17.0. The van der Waals surface area contributed by atoms with E-state index >= 15 is 0 Å². The highest BCUT2D eigenvalue weighted by atomic mass is 32.3. The lowest BCUT2D eigenvalue weighted by Gasteiger charge is -2.32. The Morgan fingerprint density at radius 3 is 2.61 bits per heavy atom. The van der Waals surface area contributed by atoms with Gasteiger partial charge < -0.3 is 14.9 Å². The van der Waals surface area contributed by atoms with E-state index < -0.39 is 37.1 Å². The molecule has 0 radical (unpaired) electrons. The Balaban J connectivity index is 1.83. The Morgan fingerprint density at radius 2 is 2.00 bits per heavy atom. The number of amides is 1. The lowest BCUT2D eigenvalue weighted by atomic mass is 10.1. The van der Waals surface area contributed by atoms with Crippen molar-refractivity contribution in [3.05, 3.63) is 57.1 Å². The first-order valence-corrected chi connectivity index (χ1v) is 14.5. The number of hydrogen-bond donors (Lipinski definition) is 2. The number of carbonyl (C=O) groups excluding carboxylic acids is 1. The summed E-state index contributed by atoms with van der Waals surface area (Å²) in [6.45, 7) is 2.81. The van der Waals surface area contributed by atoms with Crippen LogP contribution in [0.25, 0.3) is 0 Å². The molecule has 2 heterocycles. The third kappa shape index (κ3) is 6.37. The molecular weight excluding hydrogens is 536 g/mol. The third-order valence-electron chi connectivity index (χ3n) is 5.29. The largest absolute Gasteiger partial charge is 0.385 e. The second-order valence-electron chi connectivity index (χ2n) is 7.76. The van der Waals surface area contributed by atoms with Gasteiger partial charge in [0.05, 0.1) is 0 Å². The average molecular weight is 563 g/mol. The van der Waals surface area contributed by atoms with E-state index in [2.05, 4.69) is 10.2 Å². The molecule has 36 heavy (non-hydrogen) atoms. The number of thiophene rings is 1. The summed E-state index contributed by atoms with van der Waals surface area (Å²) in [5, 5.41) is 12.5. The predicted octanol–water partition coefficient (Wildman–Crippen LogP) is 1.27. The minimum Gasteiger partial charge on any atom is -0.385 e. The molecule has 0 aliphatic carbocycles. The molecular formula is C20H26N4O9S3. The molecule has 1 aliphatic heterocycles. The molecule has 16 heteroatoms. The SMILES string of the molecule is CCN[C@H]1CN(CCCOC)S(=O)(=O)c2sc(S(=O)(=O)NC(=O)c3ccc(CO[N+](=O)[O-])cc3)cc21. The number of benzene rings is 1. The Morgan fingerprint density at radius 1 is 1.31 bits per heavy atom. The summed E-state index contributed by atoms with van der Waals surface area (Å²) in [5.41, 5.74) is 0.742. The van der Waals surface area contributed by atoms with Crippen LogP contribution in [0.2, 0.25) is 0 Å². The van der Waals surface area contributed by atoms with Gasteiger partial charge in [-0.05, 0) is 36.7 Å². The maximum absolute atomic E-state index is 13.2. The number of ether oxygens (including phenoxy) is 1. The fraction of sp³-hybridized carbons (Fsp3) is 0.450. The number of likely N-dealkylation sites (N-methyl/N-ethyl adjacent to an activating group) is 1. The number of methoxy groups -OCH3 is 1. The highest BCUT2D eigenvalue weighted by Gasteiger charge is 2.40. The quantitative estimate of drug-likeness (QED) is 0.218. The van der Waals surface area contributed by atoms with Crippen LogP contribution >= 0.6 is 11.3 Å². The number of nitrogens with one attached hydrogen (secondary N) is 2. The van der Waals surface area contributed by atoms with Gasteiger partial charge >= 0.3 is 0 Å². The molecule has 13 nitrogen and oxygen atoms in total. The van der Waals surface area contributed by atoms with Crippen molar-refractivity contribution in [3.63, 3.8) is 0 Å². The molecule has 1 atom stereocenters. The molecule has 0 saturated carbocycles. The number of rotatable bonds is 12. The molecule has 0 saturated heterocycles. The third-order valence-corrected chi connectivity index (χ3v) is 10.6. The zero-order chi connectivity index (χ0) is 26.5. The van der Waals surface area contributed by atoms with Crippen LogP contribution in [-0.2, 0) is 36.2 Å². The Kier molecular flexibility index (Phi) is 9.02. The molecule has 2 aromatic rings. The maximum Gasteiger partial charge on any atom is 0.294 e. The van der Waals surface area contributed by atoms with Crippen molar-refractivity contribution in [2.45, 2.75) is 34.4 Å². The molecule has 1 aromatic heterocycles. The van der Waals surface area contributed by atoms with Gasteiger partial charge in [0.15, 0.2) is 0 Å². The molecule has 1 aromatic carbocycles. The summed E-state index contributed by atoms with van der Waals surface area (Å²) in [7, 11) is -6.80. The lowest BCUT2D eigenvalue weighted by molar-refractivity contribution is -0.763. The topological polar surface area (TPSA) is 174 Å². The second-order valence-corrected chi connectivity index (χ2v) is 12.9. The van der Waals surface area contributed by atoms with Gasteiger partial charge in [0.2, 0.25) is 0 Å². The van der Waals surface area contributed by atoms with Crippen molar-refractivity contribution < 1.29 is 36.3 Å². The van der Waals surface area contributed by atoms with Gasteiger partial charge in [-0.25, -0.2) is 21.6 Å². The van der Waals surface area contributed by atoms with Crippen LogP contribution in [0.3, 0.4) is 0 Å². The number of nitrogens with zero attached hydrogens (tertiary/aromatic N) is 2. The monoisotopic (exact) mass is 562 g/mol. The predicted molar refractivity (Wildman–Crippen MR) is 129 cm³/mol. The van der Waals surface area contributed by atoms with Crippen LogP contribution in [-0.4, -0.2) is 65.5 Å². The van der Waals surface area contributed by atoms with Gasteiger partial charge in [-0.2, -0.15) is 4.31 Å². The van der Waals surface area contributed by atoms with Gasteiger partial charge in [0.25, 0.3) is 31.0 Å². The van der Waals surface area contributed by atoms with Crippen molar-refractivity contribution in [3.8, 4) is 0 Å². The van der Waals surface area contributed by atoms with E-state index in [-0.39, 0.29) is 33.7 Å². The summed E-state index contributed by atoms with van der Waals surface area (Å²) in [6.07, 6.45) is 0.480. The zero-order valence-electron chi connectivity index (χ0n) is 19.5. The van der Waals surface area contributed by atoms with E-state index in [1.807, 2.05) is 11.6 Å². The van der Waals surface area contributed by atoms with Crippen LogP contribution in [0.4, 0.5) is 0 Å². The minimum absolute atomic E-state index is 0.00721. The van der Waals surface area contributed by atoms with E-state index in [1.165, 1.54) is 41.7 Å². The maximum atomic E-state index is 13.2. The van der Waals surface area contributed by atoms with Crippen LogP contribution in [0, 0.1) is 10.1 Å². The van der Waals surface area contributed by atoms with Gasteiger partial charge in [-0.1, -0.05) is 19.1 Å². The van der Waals surface area contributed by atoms with Crippen LogP contribution in [0.5, 0.6) is 0 Å². The molecule has 0 bridgehead atoms. The van der Waals surface area contributed by atoms with Crippen LogP contribution in [0.15, 0.2) is 38.8 Å². The number of fused-ring (bicyclic) bond motifs is 1. The minimum atomic E-state index is -4.39. The number of hydrogen-bond acceptors (Lipinski definition) is 11. The van der Waals surface area contributed by atoms with Crippen molar-refractivity contribution in [2.24, 2.45) is 0 Å². The molecule has 1 aliphatic rings. The molecule has 0 unspecified atom stereocenters. The standard InChI is InChI=1S/C20H26N4O9S3/c1-3-21-17-12-23(9-4-10-32-2)36(30,31)20-16(17)11-18(34-20)35(28,29)22-19(25)15-7-5-14(6-8-15)13-33-24(26)27/h5-8,11,17,21H,3-4,9-10,12-13H2,1-2H3,(H,22,25)/t17-/m0/s1. The molecule has 198 valence electrons. The van der Waals surface area contributed by atoms with E-state index in [0.29, 0.717) is 42.0 Å². The van der Waals surface area contributed by atoms with E-state index in [9.17, 15) is 31.7 Å². The lowest BCUT2D eigenvalue weighted by Crippen LogP contribution is -2.43. The van der Waals surface area contributed by atoms with E-state index in [4.69, 9.17) is 4.74 Å². The van der Waals surface area contributed by atoms with E-state index in [1.54, 1.807) is 0 Å². The molecule has 1 amide bonds. The average Bonchev–Trinajstić information content (AvgIpc) is 3.29.